The molecule has 5 rings (SSSR count). The quantitative estimate of drug-likeness (QED) is 0.383. The van der Waals surface area contributed by atoms with Crippen molar-refractivity contribution in [3.63, 3.8) is 0 Å². The van der Waals surface area contributed by atoms with Gasteiger partial charge >= 0.3 is 0 Å². The lowest BCUT2D eigenvalue weighted by molar-refractivity contribution is 0.102. The number of rotatable bonds is 7. The van der Waals surface area contributed by atoms with E-state index in [-0.39, 0.29) is 5.91 Å². The summed E-state index contributed by atoms with van der Waals surface area (Å²) in [4.78, 5) is 18.5. The number of fused-ring (bicyclic) bond motifs is 1. The molecule has 0 fully saturated rings. The molecule has 0 atom stereocenters. The molecule has 0 saturated carbocycles. The molecule has 4 heterocycles. The maximum Gasteiger partial charge on any atom is 0.256 e. The van der Waals surface area contributed by atoms with E-state index < -0.39 is 0 Å². The van der Waals surface area contributed by atoms with E-state index in [1.807, 2.05) is 72.9 Å². The van der Waals surface area contributed by atoms with Crippen molar-refractivity contribution in [1.82, 2.24) is 34.3 Å². The summed E-state index contributed by atoms with van der Waals surface area (Å²) >= 11 is 0. The number of hydrogen-bond donors (Lipinski definition) is 1. The Morgan fingerprint density at radius 2 is 1.89 bits per heavy atom. The number of nitrogens with zero attached hydrogens (tertiary/aromatic N) is 7. The van der Waals surface area contributed by atoms with Crippen molar-refractivity contribution in [2.75, 3.05) is 5.32 Å². The van der Waals surface area contributed by atoms with Crippen LogP contribution in [0, 0.1) is 13.8 Å². The number of carbonyl (C=O) groups is 1. The highest BCUT2D eigenvalue weighted by molar-refractivity contribution is 6.13. The maximum atomic E-state index is 13.6. The van der Waals surface area contributed by atoms with Gasteiger partial charge in [0.25, 0.3) is 5.91 Å². The van der Waals surface area contributed by atoms with Crippen molar-refractivity contribution < 1.29 is 4.79 Å². The Bertz CT molecular complexity index is 1510. The highest BCUT2D eigenvalue weighted by Crippen LogP contribution is 2.29. The van der Waals surface area contributed by atoms with Crippen LogP contribution < -0.4 is 5.32 Å². The summed E-state index contributed by atoms with van der Waals surface area (Å²) < 4.78 is 5.49. The maximum absolute atomic E-state index is 13.6. The Morgan fingerprint density at radius 1 is 1.09 bits per heavy atom. The van der Waals surface area contributed by atoms with Crippen LogP contribution in [0.3, 0.4) is 0 Å². The first-order valence-electron chi connectivity index (χ1n) is 11.7. The number of hydrogen-bond acceptors (Lipinski definition) is 5. The minimum Gasteiger partial charge on any atom is -0.319 e. The number of carbonyl (C=O) groups excluding carboxylic acids is 1. The zero-order valence-corrected chi connectivity index (χ0v) is 20.4. The van der Waals surface area contributed by atoms with Crippen LogP contribution in [0.15, 0.2) is 55.0 Å². The molecule has 0 unspecified atom stereocenters. The Kier molecular flexibility index (Phi) is 5.90. The van der Waals surface area contributed by atoms with E-state index in [1.54, 1.807) is 17.1 Å². The second kappa shape index (κ2) is 9.17. The van der Waals surface area contributed by atoms with Gasteiger partial charge in [-0.15, -0.1) is 0 Å². The molecule has 4 aromatic heterocycles. The lowest BCUT2D eigenvalue weighted by Gasteiger charge is -2.09. The highest BCUT2D eigenvalue weighted by Gasteiger charge is 2.22. The Morgan fingerprint density at radius 3 is 2.60 bits per heavy atom. The number of anilines is 1. The Hall–Kier alpha value is -4.27. The van der Waals surface area contributed by atoms with E-state index in [4.69, 9.17) is 4.98 Å². The monoisotopic (exact) mass is 468 g/mol. The molecular formula is C26H28N8O. The molecule has 0 bridgehead atoms. The number of aryl methyl sites for hydroxylation is 3. The number of amides is 1. The fourth-order valence-electron chi connectivity index (χ4n) is 4.27. The highest BCUT2D eigenvalue weighted by atomic mass is 16.1. The largest absolute Gasteiger partial charge is 0.319 e. The van der Waals surface area contributed by atoms with Crippen LogP contribution in [-0.4, -0.2) is 40.2 Å². The van der Waals surface area contributed by atoms with Crippen molar-refractivity contribution in [1.29, 1.82) is 0 Å². The zero-order chi connectivity index (χ0) is 24.5. The van der Waals surface area contributed by atoms with Crippen molar-refractivity contribution in [2.24, 2.45) is 7.05 Å². The van der Waals surface area contributed by atoms with Gasteiger partial charge in [0.1, 0.15) is 0 Å². The van der Waals surface area contributed by atoms with Crippen molar-refractivity contribution >= 4 is 22.6 Å². The van der Waals surface area contributed by atoms with Crippen molar-refractivity contribution in [3.8, 4) is 11.3 Å². The molecule has 9 nitrogen and oxygen atoms in total. The van der Waals surface area contributed by atoms with Gasteiger partial charge in [-0.05, 0) is 31.9 Å². The summed E-state index contributed by atoms with van der Waals surface area (Å²) in [6.07, 6.45) is 6.20. The molecule has 0 saturated heterocycles. The van der Waals surface area contributed by atoms with Gasteiger partial charge in [0, 0.05) is 31.0 Å². The van der Waals surface area contributed by atoms with Crippen LogP contribution in [0.1, 0.15) is 40.7 Å². The van der Waals surface area contributed by atoms with Gasteiger partial charge in [-0.3, -0.25) is 14.2 Å². The van der Waals surface area contributed by atoms with Gasteiger partial charge in [0.15, 0.2) is 5.65 Å². The molecular weight excluding hydrogens is 440 g/mol. The second-order valence-corrected chi connectivity index (χ2v) is 8.70. The van der Waals surface area contributed by atoms with Gasteiger partial charge in [0.2, 0.25) is 0 Å². The van der Waals surface area contributed by atoms with E-state index in [1.165, 1.54) is 0 Å². The topological polar surface area (TPSA) is 95.5 Å². The van der Waals surface area contributed by atoms with Gasteiger partial charge in [-0.2, -0.15) is 15.3 Å². The van der Waals surface area contributed by atoms with Crippen molar-refractivity contribution in [2.45, 2.75) is 40.3 Å². The third kappa shape index (κ3) is 4.32. The van der Waals surface area contributed by atoms with Gasteiger partial charge in [-0.25, -0.2) is 9.67 Å². The SMILES string of the molecule is CCCn1nc(C)c2c(C(=O)Nc3cnn(Cc4ccccc4)c3)cc(-c3cnn(C)c3C)nc21. The number of aromatic nitrogens is 7. The fraction of sp³-hybridized carbons (Fsp3) is 0.269. The first-order valence-corrected chi connectivity index (χ1v) is 11.7. The first kappa shape index (κ1) is 22.5. The van der Waals surface area contributed by atoms with E-state index in [9.17, 15) is 4.79 Å². The molecule has 9 heteroatoms. The van der Waals surface area contributed by atoms with Gasteiger partial charge in [-0.1, -0.05) is 37.3 Å². The molecule has 1 aromatic carbocycles. The van der Waals surface area contributed by atoms with Crippen LogP contribution in [0.5, 0.6) is 0 Å². The minimum atomic E-state index is -0.224. The number of pyridine rings is 1. The normalized spacial score (nSPS) is 11.3. The lowest BCUT2D eigenvalue weighted by Crippen LogP contribution is -2.13. The molecule has 0 spiro atoms. The predicted octanol–water partition coefficient (Wildman–Crippen LogP) is 4.36. The Labute approximate surface area is 203 Å². The average molecular weight is 469 g/mol. The third-order valence-corrected chi connectivity index (χ3v) is 6.15. The fourth-order valence-corrected chi connectivity index (χ4v) is 4.27. The molecule has 5 aromatic rings. The second-order valence-electron chi connectivity index (χ2n) is 8.70. The molecule has 0 aliphatic heterocycles. The third-order valence-electron chi connectivity index (χ3n) is 6.15. The van der Waals surface area contributed by atoms with Gasteiger partial charge in [0.05, 0.1) is 47.0 Å². The minimum absolute atomic E-state index is 0.224. The van der Waals surface area contributed by atoms with Crippen LogP contribution in [0.4, 0.5) is 5.69 Å². The van der Waals surface area contributed by atoms with Crippen LogP contribution in [0.25, 0.3) is 22.3 Å². The summed E-state index contributed by atoms with van der Waals surface area (Å²) in [6.45, 7) is 7.35. The van der Waals surface area contributed by atoms with Crippen LogP contribution >= 0.6 is 0 Å². The molecule has 0 radical (unpaired) electrons. The van der Waals surface area contributed by atoms with E-state index >= 15 is 0 Å². The van der Waals surface area contributed by atoms with Crippen molar-refractivity contribution in [3.05, 3.63) is 77.5 Å². The molecule has 178 valence electrons. The van der Waals surface area contributed by atoms with Crippen LogP contribution in [-0.2, 0) is 20.1 Å². The molecule has 1 amide bonds. The molecule has 35 heavy (non-hydrogen) atoms. The number of benzene rings is 1. The lowest BCUT2D eigenvalue weighted by atomic mass is 10.1. The summed E-state index contributed by atoms with van der Waals surface area (Å²) in [5.41, 5.74) is 6.35. The summed E-state index contributed by atoms with van der Waals surface area (Å²) in [7, 11) is 1.89. The summed E-state index contributed by atoms with van der Waals surface area (Å²) in [6, 6.07) is 11.9. The average Bonchev–Trinajstić information content (AvgIpc) is 3.52. The zero-order valence-electron chi connectivity index (χ0n) is 20.4. The summed E-state index contributed by atoms with van der Waals surface area (Å²) in [5, 5.41) is 17.2. The van der Waals surface area contributed by atoms with E-state index in [2.05, 4.69) is 27.5 Å². The number of nitrogens with one attached hydrogen (secondary N) is 1. The smallest absolute Gasteiger partial charge is 0.256 e. The van der Waals surface area contributed by atoms with E-state index in [0.717, 1.165) is 40.9 Å². The predicted molar refractivity (Wildman–Crippen MR) is 135 cm³/mol. The Balaban J connectivity index is 1.52. The first-order chi connectivity index (χ1) is 16.9. The molecule has 1 N–H and O–H groups in total. The molecule has 0 aliphatic rings. The van der Waals surface area contributed by atoms with Gasteiger partial charge < -0.3 is 5.32 Å². The van der Waals surface area contributed by atoms with E-state index in [0.29, 0.717) is 29.1 Å². The standard InChI is InChI=1S/C26H28N8O/c1-5-11-34-25-24(17(2)31-34)21(12-23(30-25)22-14-27-32(4)18(22)3)26(35)29-20-13-28-33(16-20)15-19-9-7-6-8-10-19/h6-10,12-14,16H,5,11,15H2,1-4H3,(H,29,35). The molecule has 0 aliphatic carbocycles. The summed E-state index contributed by atoms with van der Waals surface area (Å²) in [5.74, 6) is -0.224. The van der Waals surface area contributed by atoms with Crippen LogP contribution in [0.2, 0.25) is 0 Å².